The van der Waals surface area contributed by atoms with Crippen LogP contribution < -0.4 is 5.32 Å². The van der Waals surface area contributed by atoms with E-state index in [4.69, 9.17) is 28.4 Å². The summed E-state index contributed by atoms with van der Waals surface area (Å²) in [6.45, 7) is 1.77. The summed E-state index contributed by atoms with van der Waals surface area (Å²) in [6.07, 6.45) is 54.4. The average Bonchev–Trinajstić information content (AvgIpc) is 0.782. The molecule has 19 nitrogen and oxygen atoms in total. The maximum absolute atomic E-state index is 13.5. The molecule has 1 amide bonds. The molecule has 0 radical (unpaired) electrons. The van der Waals surface area contributed by atoms with E-state index in [1.54, 1.807) is 6.08 Å². The molecule has 3 aliphatic heterocycles. The van der Waals surface area contributed by atoms with E-state index < -0.39 is 124 Å². The molecule has 19 heteroatoms. The zero-order valence-corrected chi connectivity index (χ0v) is 65.1. The van der Waals surface area contributed by atoms with Crippen LogP contribution >= 0.6 is 0 Å². The second kappa shape index (κ2) is 64.8. The van der Waals surface area contributed by atoms with E-state index in [2.05, 4.69) is 43.5 Å². The molecule has 3 saturated heterocycles. The lowest BCUT2D eigenvalue weighted by atomic mass is 9.96. The SMILES string of the molecule is CCCCCCCCCCCCCCCCCCCC/C=C/CC/C=C/CC/C=C/C(O)C(COC1OC(CO)C(OC2OC(CO)C(OC3OC(CO)C(O)C(O)C3O)C(O)C2O)C(O)C1O)NC(=O)CCCCCCCCCCCCCCCCCCCCCCCCCCCCCCCC. The monoisotopic (exact) mass is 1470 g/mol. The van der Waals surface area contributed by atoms with E-state index in [1.165, 1.54) is 283 Å². The molecule has 3 aliphatic rings. The predicted octanol–water partition coefficient (Wildman–Crippen LogP) is 15.1. The van der Waals surface area contributed by atoms with Gasteiger partial charge in [-0.1, -0.05) is 346 Å². The Labute approximate surface area is 625 Å². The number of unbranched alkanes of at least 4 members (excludes halogenated alkanes) is 49. The Hall–Kier alpha value is -1.99. The Morgan fingerprint density at radius 3 is 0.971 bits per heavy atom. The van der Waals surface area contributed by atoms with E-state index in [0.717, 1.165) is 44.9 Å². The number of amides is 1. The minimum Gasteiger partial charge on any atom is -0.394 e. The summed E-state index contributed by atoms with van der Waals surface area (Å²) in [5, 5.41) is 121. The fourth-order valence-corrected chi connectivity index (χ4v) is 14.6. The highest BCUT2D eigenvalue weighted by molar-refractivity contribution is 5.76. The Bertz CT molecular complexity index is 2000. The van der Waals surface area contributed by atoms with Crippen molar-refractivity contribution in [2.24, 2.45) is 0 Å². The third-order valence-electron chi connectivity index (χ3n) is 21.4. The molecule has 3 fully saturated rings. The summed E-state index contributed by atoms with van der Waals surface area (Å²) in [7, 11) is 0. The van der Waals surface area contributed by atoms with Crippen molar-refractivity contribution in [2.75, 3.05) is 26.4 Å². The lowest BCUT2D eigenvalue weighted by Crippen LogP contribution is -2.66. The molecule has 0 bridgehead atoms. The van der Waals surface area contributed by atoms with Gasteiger partial charge in [-0.25, -0.2) is 0 Å². The maximum Gasteiger partial charge on any atom is 0.220 e. The number of aliphatic hydroxyl groups excluding tert-OH is 11. The van der Waals surface area contributed by atoms with Gasteiger partial charge in [0.1, 0.15) is 73.2 Å². The van der Waals surface area contributed by atoms with E-state index in [1.807, 2.05) is 6.08 Å². The highest BCUT2D eigenvalue weighted by Crippen LogP contribution is 2.33. The van der Waals surface area contributed by atoms with Crippen LogP contribution in [0, 0.1) is 0 Å². The van der Waals surface area contributed by atoms with Crippen molar-refractivity contribution in [3.05, 3.63) is 36.5 Å². The van der Waals surface area contributed by atoms with Crippen LogP contribution in [0.15, 0.2) is 36.5 Å². The first-order valence-corrected chi connectivity index (χ1v) is 42.7. The molecule has 3 heterocycles. The molecule has 12 N–H and O–H groups in total. The molecular weight excluding hydrogens is 1310 g/mol. The summed E-state index contributed by atoms with van der Waals surface area (Å²) in [6, 6.07) is -0.996. The summed E-state index contributed by atoms with van der Waals surface area (Å²) in [4.78, 5) is 13.5. The molecule has 0 aromatic rings. The zero-order chi connectivity index (χ0) is 74.6. The molecule has 103 heavy (non-hydrogen) atoms. The second-order valence-corrected chi connectivity index (χ2v) is 30.6. The first-order chi connectivity index (χ1) is 50.3. The maximum atomic E-state index is 13.5. The molecule has 0 aromatic heterocycles. The molecule has 0 aromatic carbocycles. The molecule has 0 saturated carbocycles. The van der Waals surface area contributed by atoms with Gasteiger partial charge in [0.2, 0.25) is 5.91 Å². The minimum absolute atomic E-state index is 0.237. The number of rotatable bonds is 69. The Kier molecular flexibility index (Phi) is 59.9. The van der Waals surface area contributed by atoms with Gasteiger partial charge in [-0.3, -0.25) is 4.79 Å². The Morgan fingerprint density at radius 1 is 0.340 bits per heavy atom. The van der Waals surface area contributed by atoms with Crippen molar-refractivity contribution in [3.63, 3.8) is 0 Å². The molecule has 17 atom stereocenters. The lowest BCUT2D eigenvalue weighted by Gasteiger charge is -2.48. The summed E-state index contributed by atoms with van der Waals surface area (Å²) in [5.41, 5.74) is 0. The van der Waals surface area contributed by atoms with Crippen LogP contribution in [-0.2, 0) is 33.2 Å². The number of ether oxygens (including phenoxy) is 6. The van der Waals surface area contributed by atoms with Crippen LogP contribution in [0.1, 0.15) is 361 Å². The van der Waals surface area contributed by atoms with E-state index in [9.17, 15) is 61.0 Å². The van der Waals surface area contributed by atoms with Crippen LogP contribution in [0.5, 0.6) is 0 Å². The number of hydrogen-bond acceptors (Lipinski definition) is 18. The lowest BCUT2D eigenvalue weighted by molar-refractivity contribution is -0.379. The highest BCUT2D eigenvalue weighted by Gasteiger charge is 2.54. The Morgan fingerprint density at radius 2 is 0.621 bits per heavy atom. The summed E-state index contributed by atoms with van der Waals surface area (Å²) >= 11 is 0. The predicted molar refractivity (Wildman–Crippen MR) is 411 cm³/mol. The van der Waals surface area contributed by atoms with Crippen molar-refractivity contribution >= 4 is 5.91 Å². The topological polar surface area (TPSA) is 307 Å². The van der Waals surface area contributed by atoms with Gasteiger partial charge in [-0.05, 0) is 44.9 Å². The minimum atomic E-state index is -1.98. The molecular formula is C84H157NO18. The van der Waals surface area contributed by atoms with Gasteiger partial charge in [0.15, 0.2) is 18.9 Å². The third kappa shape index (κ3) is 44.5. The van der Waals surface area contributed by atoms with E-state index in [0.29, 0.717) is 12.8 Å². The van der Waals surface area contributed by atoms with Crippen molar-refractivity contribution in [2.45, 2.75) is 465 Å². The molecule has 0 spiro atoms. The van der Waals surface area contributed by atoms with Gasteiger partial charge < -0.3 is 89.9 Å². The van der Waals surface area contributed by atoms with Crippen molar-refractivity contribution < 1.29 is 89.4 Å². The third-order valence-corrected chi connectivity index (χ3v) is 21.4. The number of carbonyl (C=O) groups excluding carboxylic acids is 1. The zero-order valence-electron chi connectivity index (χ0n) is 65.1. The first kappa shape index (κ1) is 95.2. The van der Waals surface area contributed by atoms with E-state index in [-0.39, 0.29) is 18.9 Å². The van der Waals surface area contributed by atoms with Crippen LogP contribution in [-0.4, -0.2) is 193 Å². The van der Waals surface area contributed by atoms with Crippen molar-refractivity contribution in [3.8, 4) is 0 Å². The average molecular weight is 1470 g/mol. The molecule has 3 rings (SSSR count). The standard InChI is InChI=1S/C84H157NO18/c1-3-5-7-9-11-13-15-17-19-21-23-25-27-29-31-33-34-36-38-40-42-44-46-48-50-52-54-56-58-60-62-72(90)85-67(68(89)61-59-57-55-53-51-49-47-45-43-41-39-37-35-32-30-28-26-24-22-20-18-16-14-12-10-8-6-4-2)66-98-82-78(96)75(93)80(70(64-87)100-82)103-84-79(97)76(94)81(71(65-88)101-84)102-83-77(95)74(92)73(91)69(63-86)99-83/h43,45,51,53,59,61,67-71,73-84,86-89,91-97H,3-42,44,46-50,52,54-58,60,62-66H2,1-2H3,(H,85,90)/b45-43+,53-51+,61-59+. The van der Waals surface area contributed by atoms with Crippen LogP contribution in [0.2, 0.25) is 0 Å². The number of nitrogens with one attached hydrogen (secondary N) is 1. The normalized spacial score (nSPS) is 26.2. The second-order valence-electron chi connectivity index (χ2n) is 30.6. The van der Waals surface area contributed by atoms with Crippen LogP contribution in [0.25, 0.3) is 0 Å². The number of allylic oxidation sites excluding steroid dienone is 5. The molecule has 0 aliphatic carbocycles. The van der Waals surface area contributed by atoms with E-state index >= 15 is 0 Å². The summed E-state index contributed by atoms with van der Waals surface area (Å²) < 4.78 is 34.5. The number of hydrogen-bond donors (Lipinski definition) is 12. The van der Waals surface area contributed by atoms with Crippen molar-refractivity contribution in [1.82, 2.24) is 5.32 Å². The smallest absolute Gasteiger partial charge is 0.220 e. The van der Waals surface area contributed by atoms with Gasteiger partial charge in [-0.15, -0.1) is 0 Å². The van der Waals surface area contributed by atoms with Gasteiger partial charge in [0.25, 0.3) is 0 Å². The molecule has 17 unspecified atom stereocenters. The van der Waals surface area contributed by atoms with Crippen LogP contribution in [0.4, 0.5) is 0 Å². The number of aliphatic hydroxyl groups is 11. The van der Waals surface area contributed by atoms with Gasteiger partial charge >= 0.3 is 0 Å². The van der Waals surface area contributed by atoms with Gasteiger partial charge in [0.05, 0.1) is 38.6 Å². The van der Waals surface area contributed by atoms with Crippen LogP contribution in [0.3, 0.4) is 0 Å². The fourth-order valence-electron chi connectivity index (χ4n) is 14.6. The summed E-state index contributed by atoms with van der Waals surface area (Å²) in [5.74, 6) is -0.282. The first-order valence-electron chi connectivity index (χ1n) is 42.7. The largest absolute Gasteiger partial charge is 0.394 e. The van der Waals surface area contributed by atoms with Gasteiger partial charge in [0, 0.05) is 6.42 Å². The van der Waals surface area contributed by atoms with Crippen molar-refractivity contribution in [1.29, 1.82) is 0 Å². The number of carbonyl (C=O) groups is 1. The molecule has 606 valence electrons. The highest BCUT2D eigenvalue weighted by atomic mass is 16.8. The Balaban J connectivity index is 1.37. The quantitative estimate of drug-likeness (QED) is 0.0199. The van der Waals surface area contributed by atoms with Gasteiger partial charge in [-0.2, -0.15) is 0 Å². The fraction of sp³-hybridized carbons (Fsp3) is 0.917.